The summed E-state index contributed by atoms with van der Waals surface area (Å²) >= 11 is 0. The molecule has 1 heterocycles. The van der Waals surface area contributed by atoms with Gasteiger partial charge in [-0.1, -0.05) is 13.8 Å². The lowest BCUT2D eigenvalue weighted by Gasteiger charge is -2.45. The molecule has 2 N–H and O–H groups in total. The Morgan fingerprint density at radius 2 is 1.83 bits per heavy atom. The van der Waals surface area contributed by atoms with E-state index in [4.69, 9.17) is 0 Å². The van der Waals surface area contributed by atoms with Gasteiger partial charge in [0.25, 0.3) is 0 Å². The van der Waals surface area contributed by atoms with Gasteiger partial charge in [-0.2, -0.15) is 0 Å². The van der Waals surface area contributed by atoms with E-state index < -0.39 is 5.92 Å². The summed E-state index contributed by atoms with van der Waals surface area (Å²) in [6, 6.07) is -0.0756. The maximum atomic E-state index is 13.0. The van der Waals surface area contributed by atoms with E-state index in [2.05, 4.69) is 10.6 Å². The van der Waals surface area contributed by atoms with Gasteiger partial charge in [0.2, 0.25) is 11.8 Å². The molecule has 1 amide bonds. The second-order valence-electron chi connectivity index (χ2n) is 6.02. The molecule has 0 aromatic carbocycles. The molecule has 1 aliphatic carbocycles. The molecule has 1 aliphatic heterocycles. The second kappa shape index (κ2) is 4.76. The highest BCUT2D eigenvalue weighted by Crippen LogP contribution is 2.35. The molecule has 0 bridgehead atoms. The summed E-state index contributed by atoms with van der Waals surface area (Å²) in [7, 11) is 0. The molecule has 0 aromatic heterocycles. The van der Waals surface area contributed by atoms with E-state index in [9.17, 15) is 13.6 Å². The third-order valence-electron chi connectivity index (χ3n) is 4.49. The molecule has 2 aliphatic rings. The number of alkyl halides is 2. The highest BCUT2D eigenvalue weighted by Gasteiger charge is 2.47. The van der Waals surface area contributed by atoms with Crippen molar-refractivity contribution in [3.05, 3.63) is 0 Å². The highest BCUT2D eigenvalue weighted by atomic mass is 19.3. The van der Waals surface area contributed by atoms with Gasteiger partial charge in [-0.25, -0.2) is 8.78 Å². The number of nitrogens with one attached hydrogen (secondary N) is 2. The van der Waals surface area contributed by atoms with Crippen molar-refractivity contribution >= 4 is 5.91 Å². The van der Waals surface area contributed by atoms with Crippen LogP contribution in [0.15, 0.2) is 0 Å². The van der Waals surface area contributed by atoms with Gasteiger partial charge < -0.3 is 10.6 Å². The van der Waals surface area contributed by atoms with Gasteiger partial charge >= 0.3 is 0 Å². The Morgan fingerprint density at radius 1 is 1.28 bits per heavy atom. The lowest BCUT2D eigenvalue weighted by molar-refractivity contribution is -0.139. The van der Waals surface area contributed by atoms with Crippen molar-refractivity contribution in [2.75, 3.05) is 13.1 Å². The van der Waals surface area contributed by atoms with Gasteiger partial charge in [0, 0.05) is 32.0 Å². The first-order chi connectivity index (χ1) is 8.36. The Bertz CT molecular complexity index is 317. The monoisotopic (exact) mass is 260 g/mol. The molecule has 0 spiro atoms. The standard InChI is InChI=1S/C13H22F2N2O/c1-9(2)12(7-16-8-12)11(18)17-10-3-5-13(14,15)6-4-10/h9-10,16H,3-8H2,1-2H3,(H,17,18). The van der Waals surface area contributed by atoms with E-state index in [1.54, 1.807) is 0 Å². The van der Waals surface area contributed by atoms with Gasteiger partial charge in [-0.05, 0) is 18.8 Å². The summed E-state index contributed by atoms with van der Waals surface area (Å²) in [4.78, 5) is 12.3. The van der Waals surface area contributed by atoms with Crippen LogP contribution in [0.25, 0.3) is 0 Å². The minimum atomic E-state index is -2.53. The fourth-order valence-electron chi connectivity index (χ4n) is 2.74. The number of hydrogen-bond donors (Lipinski definition) is 2. The van der Waals surface area contributed by atoms with Crippen LogP contribution in [0.1, 0.15) is 39.5 Å². The third-order valence-corrected chi connectivity index (χ3v) is 4.49. The topological polar surface area (TPSA) is 41.1 Å². The lowest BCUT2D eigenvalue weighted by atomic mass is 9.71. The Kier molecular flexibility index (Phi) is 3.63. The van der Waals surface area contributed by atoms with E-state index in [0.29, 0.717) is 25.9 Å². The molecule has 5 heteroatoms. The van der Waals surface area contributed by atoms with Crippen molar-refractivity contribution in [3.63, 3.8) is 0 Å². The molecule has 3 nitrogen and oxygen atoms in total. The molecule has 0 unspecified atom stereocenters. The zero-order chi connectivity index (χ0) is 13.4. The molecular weight excluding hydrogens is 238 g/mol. The minimum Gasteiger partial charge on any atom is -0.353 e. The molecule has 0 radical (unpaired) electrons. The Morgan fingerprint density at radius 3 is 2.22 bits per heavy atom. The maximum absolute atomic E-state index is 13.0. The van der Waals surface area contributed by atoms with Gasteiger partial charge in [0.1, 0.15) is 0 Å². The van der Waals surface area contributed by atoms with Crippen LogP contribution in [0.2, 0.25) is 0 Å². The predicted molar refractivity (Wildman–Crippen MR) is 65.5 cm³/mol. The minimum absolute atomic E-state index is 0.0338. The molecule has 2 rings (SSSR count). The van der Waals surface area contributed by atoms with Crippen molar-refractivity contribution in [2.24, 2.45) is 11.3 Å². The number of halogens is 2. The van der Waals surface area contributed by atoms with Crippen LogP contribution < -0.4 is 10.6 Å². The van der Waals surface area contributed by atoms with Crippen LogP contribution in [0.4, 0.5) is 8.78 Å². The zero-order valence-corrected chi connectivity index (χ0v) is 11.1. The number of hydrogen-bond acceptors (Lipinski definition) is 2. The maximum Gasteiger partial charge on any atom is 0.248 e. The van der Waals surface area contributed by atoms with Crippen LogP contribution in [0.5, 0.6) is 0 Å². The fourth-order valence-corrected chi connectivity index (χ4v) is 2.74. The third kappa shape index (κ3) is 2.51. The average molecular weight is 260 g/mol. The summed E-state index contributed by atoms with van der Waals surface area (Å²) in [5.41, 5.74) is -0.333. The molecule has 1 saturated carbocycles. The predicted octanol–water partition coefficient (Wildman–Crippen LogP) is 1.93. The van der Waals surface area contributed by atoms with Gasteiger partial charge in [-0.15, -0.1) is 0 Å². The van der Waals surface area contributed by atoms with E-state index in [-0.39, 0.29) is 36.1 Å². The lowest BCUT2D eigenvalue weighted by Crippen LogP contribution is -2.65. The molecule has 1 saturated heterocycles. The largest absolute Gasteiger partial charge is 0.353 e. The van der Waals surface area contributed by atoms with E-state index in [1.807, 2.05) is 13.8 Å². The fraction of sp³-hybridized carbons (Fsp3) is 0.923. The van der Waals surface area contributed by atoms with E-state index in [1.165, 1.54) is 0 Å². The molecular formula is C13H22F2N2O. The first-order valence-corrected chi connectivity index (χ1v) is 6.75. The number of rotatable bonds is 3. The van der Waals surface area contributed by atoms with Gasteiger partial charge in [-0.3, -0.25) is 4.79 Å². The summed E-state index contributed by atoms with van der Waals surface area (Å²) in [5, 5.41) is 6.10. The molecule has 0 aromatic rings. The van der Waals surface area contributed by atoms with E-state index in [0.717, 1.165) is 0 Å². The smallest absolute Gasteiger partial charge is 0.248 e. The van der Waals surface area contributed by atoms with Crippen LogP contribution in [0, 0.1) is 11.3 Å². The van der Waals surface area contributed by atoms with Crippen LogP contribution in [-0.4, -0.2) is 31.0 Å². The number of carbonyl (C=O) groups excluding carboxylic acids is 1. The second-order valence-corrected chi connectivity index (χ2v) is 6.02. The van der Waals surface area contributed by atoms with Gasteiger partial charge in [0.05, 0.1) is 5.41 Å². The van der Waals surface area contributed by atoms with E-state index >= 15 is 0 Å². The van der Waals surface area contributed by atoms with Crippen molar-refractivity contribution < 1.29 is 13.6 Å². The van der Waals surface area contributed by atoms with Gasteiger partial charge in [0.15, 0.2) is 0 Å². The Balaban J connectivity index is 1.88. The van der Waals surface area contributed by atoms with Crippen molar-refractivity contribution in [1.82, 2.24) is 10.6 Å². The summed E-state index contributed by atoms with van der Waals surface area (Å²) in [6.45, 7) is 5.46. The number of carbonyl (C=O) groups is 1. The van der Waals surface area contributed by atoms with Crippen LogP contribution in [0.3, 0.4) is 0 Å². The quantitative estimate of drug-likeness (QED) is 0.814. The van der Waals surface area contributed by atoms with Crippen molar-refractivity contribution in [3.8, 4) is 0 Å². The first kappa shape index (κ1) is 13.7. The molecule has 0 atom stereocenters. The van der Waals surface area contributed by atoms with Crippen molar-refractivity contribution in [2.45, 2.75) is 51.5 Å². The number of amides is 1. The first-order valence-electron chi connectivity index (χ1n) is 6.75. The molecule has 2 fully saturated rings. The SMILES string of the molecule is CC(C)C1(C(=O)NC2CCC(F)(F)CC2)CNC1. The average Bonchev–Trinajstić information content (AvgIpc) is 2.19. The normalized spacial score (nSPS) is 26.7. The molecule has 104 valence electrons. The van der Waals surface area contributed by atoms with Crippen LogP contribution in [-0.2, 0) is 4.79 Å². The zero-order valence-electron chi connectivity index (χ0n) is 11.1. The Hall–Kier alpha value is -0.710. The molecule has 18 heavy (non-hydrogen) atoms. The Labute approximate surface area is 107 Å². The summed E-state index contributed by atoms with van der Waals surface area (Å²) < 4.78 is 26.1. The summed E-state index contributed by atoms with van der Waals surface area (Å²) in [6.07, 6.45) is 0.566. The highest BCUT2D eigenvalue weighted by molar-refractivity contribution is 5.84. The van der Waals surface area contributed by atoms with Crippen molar-refractivity contribution in [1.29, 1.82) is 0 Å². The summed E-state index contributed by atoms with van der Waals surface area (Å²) in [5.74, 6) is -2.23. The van der Waals surface area contributed by atoms with Crippen LogP contribution >= 0.6 is 0 Å².